The van der Waals surface area contributed by atoms with Gasteiger partial charge in [0.2, 0.25) is 5.91 Å². The van der Waals surface area contributed by atoms with Crippen molar-refractivity contribution < 1.29 is 4.79 Å². The summed E-state index contributed by atoms with van der Waals surface area (Å²) in [7, 11) is 0. The van der Waals surface area contributed by atoms with Crippen LogP contribution in [0.15, 0.2) is 0 Å². The second kappa shape index (κ2) is 7.68. The van der Waals surface area contributed by atoms with Gasteiger partial charge in [0.15, 0.2) is 0 Å². The molecule has 3 fully saturated rings. The van der Waals surface area contributed by atoms with Crippen molar-refractivity contribution in [2.24, 2.45) is 11.8 Å². The van der Waals surface area contributed by atoms with E-state index >= 15 is 0 Å². The third kappa shape index (κ3) is 4.01. The zero-order valence-electron chi connectivity index (χ0n) is 14.4. The second-order valence-electron chi connectivity index (χ2n) is 7.65. The van der Waals surface area contributed by atoms with Gasteiger partial charge in [0.1, 0.15) is 0 Å². The van der Waals surface area contributed by atoms with Crippen molar-refractivity contribution in [1.82, 2.24) is 21.1 Å². The van der Waals surface area contributed by atoms with E-state index in [4.69, 9.17) is 11.6 Å². The van der Waals surface area contributed by atoms with Crippen LogP contribution in [0.1, 0.15) is 58.8 Å². The molecule has 3 rings (SSSR count). The number of hydrogen-bond donors (Lipinski definition) is 3. The predicted octanol–water partition coefficient (Wildman–Crippen LogP) is 2.17. The van der Waals surface area contributed by atoms with Crippen LogP contribution in [0.3, 0.4) is 0 Å². The first kappa shape index (κ1) is 17.5. The Morgan fingerprint density at radius 1 is 1.17 bits per heavy atom. The van der Waals surface area contributed by atoms with Crippen LogP contribution in [-0.4, -0.2) is 41.1 Å². The summed E-state index contributed by atoms with van der Waals surface area (Å²) in [5, 5.41) is 3.31. The van der Waals surface area contributed by atoms with Crippen LogP contribution in [0.4, 0.5) is 0 Å². The molecule has 5 nitrogen and oxygen atoms in total. The van der Waals surface area contributed by atoms with E-state index in [1.54, 1.807) is 0 Å². The van der Waals surface area contributed by atoms with Crippen LogP contribution in [0.2, 0.25) is 0 Å². The molecule has 1 amide bonds. The second-order valence-corrected chi connectivity index (χ2v) is 8.16. The molecule has 1 aliphatic heterocycles. The first-order chi connectivity index (χ1) is 11.1. The quantitative estimate of drug-likeness (QED) is 0.688. The number of hydrazine groups is 1. The smallest absolute Gasteiger partial charge is 0.224 e. The lowest BCUT2D eigenvalue weighted by atomic mass is 9.81. The molecule has 6 atom stereocenters. The van der Waals surface area contributed by atoms with E-state index in [1.807, 2.05) is 0 Å². The molecule has 0 bridgehead atoms. The summed E-state index contributed by atoms with van der Waals surface area (Å²) >= 11 is 6.51. The molecule has 2 aliphatic carbocycles. The largest absolute Gasteiger partial charge is 0.353 e. The van der Waals surface area contributed by atoms with E-state index in [0.717, 1.165) is 38.8 Å². The fourth-order valence-corrected chi connectivity index (χ4v) is 4.87. The van der Waals surface area contributed by atoms with Crippen LogP contribution in [0.5, 0.6) is 0 Å². The number of nitrogens with zero attached hydrogens (tertiary/aromatic N) is 1. The van der Waals surface area contributed by atoms with E-state index in [2.05, 4.69) is 34.9 Å². The third-order valence-electron chi connectivity index (χ3n) is 5.97. The van der Waals surface area contributed by atoms with Crippen molar-refractivity contribution in [3.63, 3.8) is 0 Å². The average molecular weight is 343 g/mol. The summed E-state index contributed by atoms with van der Waals surface area (Å²) in [6, 6.07) is 0.846. The molecule has 132 valence electrons. The first-order valence-electron chi connectivity index (χ1n) is 9.25. The minimum atomic E-state index is -0.00478. The molecule has 0 aromatic rings. The van der Waals surface area contributed by atoms with Crippen molar-refractivity contribution in [3.8, 4) is 0 Å². The van der Waals surface area contributed by atoms with Crippen LogP contribution in [-0.2, 0) is 4.79 Å². The zero-order chi connectivity index (χ0) is 16.4. The molecule has 6 heteroatoms. The highest BCUT2D eigenvalue weighted by Crippen LogP contribution is 2.34. The van der Waals surface area contributed by atoms with E-state index in [0.29, 0.717) is 24.2 Å². The fraction of sp³-hybridized carbons (Fsp3) is 0.941. The predicted molar refractivity (Wildman–Crippen MR) is 92.8 cm³/mol. The molecule has 6 unspecified atom stereocenters. The van der Waals surface area contributed by atoms with Gasteiger partial charge in [-0.05, 0) is 51.4 Å². The standard InChI is InChI=1S/C17H31ClN4O/c1-11-5-3-8-15(16(11)18)17(23)20-13-6-4-7-14(9-13)22-10-19-21-12(22)2/h11-16,19,21H,3-10H2,1-2H3,(H,20,23). The van der Waals surface area contributed by atoms with E-state index < -0.39 is 0 Å². The molecule has 3 aliphatic rings. The molecule has 0 aromatic carbocycles. The minimum Gasteiger partial charge on any atom is -0.353 e. The van der Waals surface area contributed by atoms with Gasteiger partial charge < -0.3 is 5.32 Å². The molecule has 0 aromatic heterocycles. The van der Waals surface area contributed by atoms with Crippen LogP contribution in [0, 0.1) is 11.8 Å². The lowest BCUT2D eigenvalue weighted by Gasteiger charge is -2.38. The summed E-state index contributed by atoms with van der Waals surface area (Å²) in [6.07, 6.45) is 8.13. The summed E-state index contributed by atoms with van der Waals surface area (Å²) in [5.41, 5.74) is 6.46. The molecule has 3 N–H and O–H groups in total. The maximum absolute atomic E-state index is 12.7. The van der Waals surface area contributed by atoms with Gasteiger partial charge in [-0.2, -0.15) is 0 Å². The Bertz CT molecular complexity index is 421. The van der Waals surface area contributed by atoms with Crippen molar-refractivity contribution in [3.05, 3.63) is 0 Å². The van der Waals surface area contributed by atoms with Crippen LogP contribution >= 0.6 is 11.6 Å². The number of hydrogen-bond acceptors (Lipinski definition) is 4. The average Bonchev–Trinajstić information content (AvgIpc) is 2.96. The van der Waals surface area contributed by atoms with E-state index in [-0.39, 0.29) is 17.2 Å². The molecule has 0 radical (unpaired) electrons. The maximum Gasteiger partial charge on any atom is 0.224 e. The highest BCUT2D eigenvalue weighted by molar-refractivity contribution is 6.22. The molecule has 0 spiro atoms. The Morgan fingerprint density at radius 2 is 1.96 bits per heavy atom. The SMILES string of the molecule is CC1CCCC(C(=O)NC2CCCC(N3CNNC3C)C2)C1Cl. The Labute approximate surface area is 144 Å². The lowest BCUT2D eigenvalue weighted by Crippen LogP contribution is -2.50. The molecule has 2 saturated carbocycles. The number of carbonyl (C=O) groups excluding carboxylic acids is 1. The van der Waals surface area contributed by atoms with Crippen molar-refractivity contribution in [2.45, 2.75) is 82.4 Å². The number of carbonyl (C=O) groups is 1. The molecule has 23 heavy (non-hydrogen) atoms. The summed E-state index contributed by atoms with van der Waals surface area (Å²) in [5.74, 6) is 0.630. The fourth-order valence-electron chi connectivity index (χ4n) is 4.50. The maximum atomic E-state index is 12.7. The van der Waals surface area contributed by atoms with Crippen molar-refractivity contribution in [2.75, 3.05) is 6.67 Å². The van der Waals surface area contributed by atoms with Gasteiger partial charge in [-0.1, -0.05) is 13.3 Å². The minimum absolute atomic E-state index is 0.00450. The molecular weight excluding hydrogens is 312 g/mol. The number of alkyl halides is 1. The van der Waals surface area contributed by atoms with E-state index in [9.17, 15) is 4.79 Å². The Kier molecular flexibility index (Phi) is 5.83. The topological polar surface area (TPSA) is 56.4 Å². The molecule has 1 heterocycles. The lowest BCUT2D eigenvalue weighted by molar-refractivity contribution is -0.127. The number of nitrogens with one attached hydrogen (secondary N) is 3. The third-order valence-corrected chi connectivity index (χ3v) is 6.71. The monoisotopic (exact) mass is 342 g/mol. The highest BCUT2D eigenvalue weighted by Gasteiger charge is 2.36. The van der Waals surface area contributed by atoms with Crippen LogP contribution < -0.4 is 16.2 Å². The van der Waals surface area contributed by atoms with Crippen molar-refractivity contribution in [1.29, 1.82) is 0 Å². The van der Waals surface area contributed by atoms with Gasteiger partial charge in [-0.3, -0.25) is 9.69 Å². The normalized spacial score (nSPS) is 42.6. The van der Waals surface area contributed by atoms with E-state index in [1.165, 1.54) is 12.8 Å². The Morgan fingerprint density at radius 3 is 2.70 bits per heavy atom. The number of amides is 1. The van der Waals surface area contributed by atoms with Gasteiger partial charge in [-0.15, -0.1) is 11.6 Å². The number of halogens is 1. The van der Waals surface area contributed by atoms with Crippen LogP contribution in [0.25, 0.3) is 0 Å². The van der Waals surface area contributed by atoms with Gasteiger partial charge in [0, 0.05) is 17.5 Å². The Balaban J connectivity index is 1.54. The van der Waals surface area contributed by atoms with Gasteiger partial charge in [0.05, 0.1) is 18.8 Å². The van der Waals surface area contributed by atoms with Crippen molar-refractivity contribution >= 4 is 17.5 Å². The highest BCUT2D eigenvalue weighted by atomic mass is 35.5. The van der Waals surface area contributed by atoms with Gasteiger partial charge in [-0.25, -0.2) is 10.9 Å². The summed E-state index contributed by atoms with van der Waals surface area (Å²) in [6.45, 7) is 5.24. The van der Waals surface area contributed by atoms with Gasteiger partial charge >= 0.3 is 0 Å². The van der Waals surface area contributed by atoms with Gasteiger partial charge in [0.25, 0.3) is 0 Å². The summed E-state index contributed by atoms with van der Waals surface area (Å²) in [4.78, 5) is 15.1. The Hall–Kier alpha value is -0.360. The summed E-state index contributed by atoms with van der Waals surface area (Å²) < 4.78 is 0. The zero-order valence-corrected chi connectivity index (χ0v) is 15.1. The molecule has 1 saturated heterocycles. The first-order valence-corrected chi connectivity index (χ1v) is 9.68. The number of rotatable bonds is 3. The molecular formula is C17H31ClN4O.